The van der Waals surface area contributed by atoms with Gasteiger partial charge in [0.25, 0.3) is 0 Å². The van der Waals surface area contributed by atoms with Crippen LogP contribution in [-0.4, -0.2) is 13.2 Å². The van der Waals surface area contributed by atoms with Gasteiger partial charge in [0.05, 0.1) is 11.7 Å². The van der Waals surface area contributed by atoms with E-state index in [0.29, 0.717) is 5.69 Å². The predicted octanol–water partition coefficient (Wildman–Crippen LogP) is 3.53. The summed E-state index contributed by atoms with van der Waals surface area (Å²) in [6, 6.07) is 3.59. The van der Waals surface area contributed by atoms with Crippen LogP contribution in [0.3, 0.4) is 0 Å². The van der Waals surface area contributed by atoms with Crippen LogP contribution < -0.4 is 10.1 Å². The van der Waals surface area contributed by atoms with Crippen molar-refractivity contribution in [3.8, 4) is 5.75 Å². The fourth-order valence-corrected chi connectivity index (χ4v) is 1.25. The maximum absolute atomic E-state index is 12.5. The first-order chi connectivity index (χ1) is 7.32. The van der Waals surface area contributed by atoms with E-state index < -0.39 is 11.7 Å². The maximum Gasteiger partial charge on any atom is 0.416 e. The van der Waals surface area contributed by atoms with Gasteiger partial charge in [0.1, 0.15) is 5.75 Å². The van der Waals surface area contributed by atoms with Crippen molar-refractivity contribution in [1.82, 2.24) is 0 Å². The molecule has 5 heteroatoms. The Bertz CT molecular complexity index is 361. The molecule has 0 heterocycles. The molecule has 1 N–H and O–H groups in total. The molecule has 1 rings (SSSR count). The minimum Gasteiger partial charge on any atom is -0.491 e. The Morgan fingerprint density at radius 2 is 1.81 bits per heavy atom. The molecule has 0 fully saturated rings. The molecule has 1 aromatic carbocycles. The van der Waals surface area contributed by atoms with E-state index in [-0.39, 0.29) is 11.9 Å². The van der Waals surface area contributed by atoms with E-state index in [0.717, 1.165) is 12.1 Å². The van der Waals surface area contributed by atoms with Gasteiger partial charge in [0.15, 0.2) is 0 Å². The summed E-state index contributed by atoms with van der Waals surface area (Å²) in [6.07, 6.45) is -4.52. The minimum atomic E-state index is -4.36. The van der Waals surface area contributed by atoms with Crippen LogP contribution in [-0.2, 0) is 6.18 Å². The third-order valence-electron chi connectivity index (χ3n) is 1.89. The number of alkyl halides is 3. The molecule has 0 saturated heterocycles. The SMILES string of the molecule is CNc1cc(OC(C)C)cc(C(F)(F)F)c1. The highest BCUT2D eigenvalue weighted by molar-refractivity contribution is 5.51. The number of rotatable bonds is 3. The van der Waals surface area contributed by atoms with Crippen LogP contribution in [0.25, 0.3) is 0 Å². The van der Waals surface area contributed by atoms with Crippen molar-refractivity contribution in [3.05, 3.63) is 23.8 Å². The Labute approximate surface area is 92.4 Å². The summed E-state index contributed by atoms with van der Waals surface area (Å²) in [5.41, 5.74) is -0.333. The molecule has 0 atom stereocenters. The molecule has 16 heavy (non-hydrogen) atoms. The highest BCUT2D eigenvalue weighted by atomic mass is 19.4. The summed E-state index contributed by atoms with van der Waals surface area (Å²) in [4.78, 5) is 0. The Morgan fingerprint density at radius 1 is 1.19 bits per heavy atom. The molecule has 2 nitrogen and oxygen atoms in total. The van der Waals surface area contributed by atoms with Crippen LogP contribution in [0.1, 0.15) is 19.4 Å². The van der Waals surface area contributed by atoms with Gasteiger partial charge in [-0.25, -0.2) is 0 Å². The van der Waals surface area contributed by atoms with E-state index in [2.05, 4.69) is 5.32 Å². The smallest absolute Gasteiger partial charge is 0.416 e. The van der Waals surface area contributed by atoms with E-state index in [1.54, 1.807) is 20.9 Å². The molecular formula is C11H14F3NO. The zero-order chi connectivity index (χ0) is 12.3. The van der Waals surface area contributed by atoms with E-state index in [1.165, 1.54) is 6.07 Å². The van der Waals surface area contributed by atoms with Crippen molar-refractivity contribution < 1.29 is 17.9 Å². The normalized spacial score (nSPS) is 11.7. The number of halogens is 3. The third-order valence-corrected chi connectivity index (χ3v) is 1.89. The monoisotopic (exact) mass is 233 g/mol. The summed E-state index contributed by atoms with van der Waals surface area (Å²) < 4.78 is 42.9. The first-order valence-corrected chi connectivity index (χ1v) is 4.89. The van der Waals surface area contributed by atoms with Gasteiger partial charge >= 0.3 is 6.18 Å². The number of hydrogen-bond donors (Lipinski definition) is 1. The second-order valence-electron chi connectivity index (χ2n) is 3.66. The van der Waals surface area contributed by atoms with Gasteiger partial charge in [-0.2, -0.15) is 13.2 Å². The zero-order valence-corrected chi connectivity index (χ0v) is 9.35. The summed E-state index contributed by atoms with van der Waals surface area (Å²) in [5, 5.41) is 2.67. The number of nitrogens with one attached hydrogen (secondary N) is 1. The zero-order valence-electron chi connectivity index (χ0n) is 9.35. The summed E-state index contributed by atoms with van der Waals surface area (Å²) >= 11 is 0. The van der Waals surface area contributed by atoms with Crippen LogP contribution in [0.2, 0.25) is 0 Å². The van der Waals surface area contributed by atoms with Gasteiger partial charge in [0, 0.05) is 18.8 Å². The van der Waals surface area contributed by atoms with Crippen LogP contribution in [0, 0.1) is 0 Å². The van der Waals surface area contributed by atoms with Gasteiger partial charge in [-0.15, -0.1) is 0 Å². The first kappa shape index (κ1) is 12.7. The molecule has 90 valence electrons. The molecule has 0 bridgehead atoms. The molecule has 0 aliphatic rings. The quantitative estimate of drug-likeness (QED) is 0.862. The Kier molecular flexibility index (Phi) is 3.67. The first-order valence-electron chi connectivity index (χ1n) is 4.89. The Morgan fingerprint density at radius 3 is 2.25 bits per heavy atom. The Hall–Kier alpha value is -1.39. The minimum absolute atomic E-state index is 0.159. The van der Waals surface area contributed by atoms with Crippen LogP contribution >= 0.6 is 0 Å². The number of anilines is 1. The van der Waals surface area contributed by atoms with Crippen LogP contribution in [0.4, 0.5) is 18.9 Å². The van der Waals surface area contributed by atoms with E-state index in [9.17, 15) is 13.2 Å². The lowest BCUT2D eigenvalue weighted by atomic mass is 10.2. The van der Waals surface area contributed by atoms with Crippen molar-refractivity contribution >= 4 is 5.69 Å². The van der Waals surface area contributed by atoms with Crippen molar-refractivity contribution in [3.63, 3.8) is 0 Å². The number of ether oxygens (including phenoxy) is 1. The van der Waals surface area contributed by atoms with Gasteiger partial charge in [-0.3, -0.25) is 0 Å². The molecule has 0 unspecified atom stereocenters. The highest BCUT2D eigenvalue weighted by Gasteiger charge is 2.31. The lowest BCUT2D eigenvalue weighted by Gasteiger charge is -2.14. The maximum atomic E-state index is 12.5. The van der Waals surface area contributed by atoms with Gasteiger partial charge in [0.2, 0.25) is 0 Å². The van der Waals surface area contributed by atoms with Crippen molar-refractivity contribution in [1.29, 1.82) is 0 Å². The molecule has 0 spiro atoms. The largest absolute Gasteiger partial charge is 0.491 e. The summed E-state index contributed by atoms with van der Waals surface area (Å²) in [7, 11) is 1.56. The van der Waals surface area contributed by atoms with Gasteiger partial charge in [-0.1, -0.05) is 0 Å². The number of hydrogen-bond acceptors (Lipinski definition) is 2. The summed E-state index contributed by atoms with van der Waals surface area (Å²) in [5.74, 6) is 0.217. The second-order valence-corrected chi connectivity index (χ2v) is 3.66. The van der Waals surface area contributed by atoms with Crippen molar-refractivity contribution in [2.45, 2.75) is 26.1 Å². The molecule has 0 saturated carbocycles. The lowest BCUT2D eigenvalue weighted by molar-refractivity contribution is -0.137. The molecule has 0 radical (unpaired) electrons. The molecular weight excluding hydrogens is 219 g/mol. The highest BCUT2D eigenvalue weighted by Crippen LogP contribution is 2.34. The fourth-order valence-electron chi connectivity index (χ4n) is 1.25. The van der Waals surface area contributed by atoms with E-state index in [4.69, 9.17) is 4.74 Å². The molecule has 0 aliphatic carbocycles. The predicted molar refractivity (Wildman–Crippen MR) is 56.8 cm³/mol. The molecule has 1 aromatic rings. The summed E-state index contributed by atoms with van der Waals surface area (Å²) in [6.45, 7) is 3.53. The topological polar surface area (TPSA) is 21.3 Å². The van der Waals surface area contributed by atoms with Crippen LogP contribution in [0.15, 0.2) is 18.2 Å². The molecule has 0 amide bonds. The fraction of sp³-hybridized carbons (Fsp3) is 0.455. The Balaban J connectivity index is 3.11. The van der Waals surface area contributed by atoms with Gasteiger partial charge < -0.3 is 10.1 Å². The average molecular weight is 233 g/mol. The molecule has 0 aromatic heterocycles. The van der Waals surface area contributed by atoms with Crippen molar-refractivity contribution in [2.24, 2.45) is 0 Å². The lowest BCUT2D eigenvalue weighted by Crippen LogP contribution is -2.09. The average Bonchev–Trinajstić information content (AvgIpc) is 2.14. The number of benzene rings is 1. The van der Waals surface area contributed by atoms with Crippen LogP contribution in [0.5, 0.6) is 5.75 Å². The molecule has 0 aliphatic heterocycles. The van der Waals surface area contributed by atoms with Gasteiger partial charge in [-0.05, 0) is 26.0 Å². The third kappa shape index (κ3) is 3.32. The van der Waals surface area contributed by atoms with Crippen molar-refractivity contribution in [2.75, 3.05) is 12.4 Å². The second kappa shape index (κ2) is 4.63. The standard InChI is InChI=1S/C11H14F3NO/c1-7(2)16-10-5-8(11(12,13)14)4-9(6-10)15-3/h4-7,15H,1-3H3. The van der Waals surface area contributed by atoms with E-state index in [1.807, 2.05) is 0 Å². The van der Waals surface area contributed by atoms with E-state index >= 15 is 0 Å².